The lowest BCUT2D eigenvalue weighted by atomic mass is 10.1. The smallest absolute Gasteiger partial charge is 0.227 e. The first-order valence-corrected chi connectivity index (χ1v) is 8.63. The molecule has 0 N–H and O–H groups in total. The molecule has 1 aromatic rings. The highest BCUT2D eigenvalue weighted by atomic mass is 35.5. The molecule has 0 aromatic heterocycles. The summed E-state index contributed by atoms with van der Waals surface area (Å²) in [5.41, 5.74) is 0.779. The number of nitrogens with zero attached hydrogens (tertiary/aromatic N) is 1. The standard InChI is InChI=1S/C16H20ClNO3S/c1-10(2)21-15-5-4-13(7-14(15)17)18-8-12(6-16(18)20)9-22-11(3)19/h4-5,7,10,12H,6,8-9H2,1-3H3. The minimum absolute atomic E-state index is 0.0461. The number of carbonyl (C=O) groups excluding carboxylic acids is 2. The van der Waals surface area contributed by atoms with Crippen molar-refractivity contribution < 1.29 is 14.3 Å². The van der Waals surface area contributed by atoms with E-state index < -0.39 is 0 Å². The van der Waals surface area contributed by atoms with Gasteiger partial charge in [-0.2, -0.15) is 0 Å². The predicted molar refractivity (Wildman–Crippen MR) is 90.8 cm³/mol. The molecular formula is C16H20ClNO3S. The van der Waals surface area contributed by atoms with Crippen molar-refractivity contribution in [3.05, 3.63) is 23.2 Å². The molecule has 0 radical (unpaired) electrons. The minimum Gasteiger partial charge on any atom is -0.489 e. The second kappa shape index (κ2) is 7.38. The summed E-state index contributed by atoms with van der Waals surface area (Å²) in [5, 5.41) is 0.588. The molecule has 1 aliphatic rings. The highest BCUT2D eigenvalue weighted by Crippen LogP contribution is 2.33. The van der Waals surface area contributed by atoms with E-state index in [1.54, 1.807) is 24.0 Å². The largest absolute Gasteiger partial charge is 0.489 e. The zero-order valence-corrected chi connectivity index (χ0v) is 14.5. The number of anilines is 1. The third-order valence-electron chi connectivity index (χ3n) is 3.32. The first-order valence-electron chi connectivity index (χ1n) is 7.26. The molecule has 1 fully saturated rings. The second-order valence-electron chi connectivity index (χ2n) is 5.66. The Labute approximate surface area is 140 Å². The summed E-state index contributed by atoms with van der Waals surface area (Å²) in [6, 6.07) is 5.41. The number of ether oxygens (including phenoxy) is 1. The summed E-state index contributed by atoms with van der Waals surface area (Å²) >= 11 is 7.50. The molecule has 120 valence electrons. The Morgan fingerprint density at radius 2 is 2.23 bits per heavy atom. The molecule has 1 amide bonds. The van der Waals surface area contributed by atoms with Gasteiger partial charge in [-0.3, -0.25) is 9.59 Å². The van der Waals surface area contributed by atoms with Gasteiger partial charge in [0.2, 0.25) is 5.91 Å². The second-order valence-corrected chi connectivity index (χ2v) is 7.26. The van der Waals surface area contributed by atoms with Crippen LogP contribution in [-0.2, 0) is 9.59 Å². The van der Waals surface area contributed by atoms with Crippen LogP contribution in [0.3, 0.4) is 0 Å². The zero-order valence-electron chi connectivity index (χ0n) is 13.0. The van der Waals surface area contributed by atoms with Gasteiger partial charge in [0.25, 0.3) is 0 Å². The van der Waals surface area contributed by atoms with Gasteiger partial charge in [-0.1, -0.05) is 23.4 Å². The van der Waals surface area contributed by atoms with Crippen molar-refractivity contribution in [2.24, 2.45) is 5.92 Å². The van der Waals surface area contributed by atoms with Gasteiger partial charge in [0, 0.05) is 31.3 Å². The Hall–Kier alpha value is -1.20. The molecule has 2 rings (SSSR count). The van der Waals surface area contributed by atoms with E-state index in [0.717, 1.165) is 5.69 Å². The Bertz CT molecular complexity index is 577. The Kier molecular flexibility index (Phi) is 5.75. The lowest BCUT2D eigenvalue weighted by Crippen LogP contribution is -2.24. The number of benzene rings is 1. The molecule has 0 aliphatic carbocycles. The maximum Gasteiger partial charge on any atom is 0.227 e. The Morgan fingerprint density at radius 1 is 1.50 bits per heavy atom. The molecule has 22 heavy (non-hydrogen) atoms. The van der Waals surface area contributed by atoms with Crippen LogP contribution in [0.2, 0.25) is 5.02 Å². The molecule has 1 saturated heterocycles. The van der Waals surface area contributed by atoms with E-state index in [-0.39, 0.29) is 23.0 Å². The first kappa shape index (κ1) is 17.2. The number of hydrogen-bond acceptors (Lipinski definition) is 4. The van der Waals surface area contributed by atoms with E-state index in [4.69, 9.17) is 16.3 Å². The van der Waals surface area contributed by atoms with Crippen LogP contribution < -0.4 is 9.64 Å². The van der Waals surface area contributed by atoms with Gasteiger partial charge >= 0.3 is 0 Å². The Morgan fingerprint density at radius 3 is 2.82 bits per heavy atom. The molecule has 1 aromatic carbocycles. The van der Waals surface area contributed by atoms with Crippen LogP contribution in [0, 0.1) is 5.92 Å². The van der Waals surface area contributed by atoms with Crippen LogP contribution in [0.5, 0.6) is 5.75 Å². The molecule has 1 heterocycles. The van der Waals surface area contributed by atoms with Crippen molar-refractivity contribution in [2.75, 3.05) is 17.2 Å². The minimum atomic E-state index is 0.0461. The SMILES string of the molecule is CC(=O)SCC1CC(=O)N(c2ccc(OC(C)C)c(Cl)c2)C1. The van der Waals surface area contributed by atoms with Crippen molar-refractivity contribution in [3.8, 4) is 5.75 Å². The molecule has 0 spiro atoms. The molecule has 6 heteroatoms. The highest BCUT2D eigenvalue weighted by molar-refractivity contribution is 8.13. The highest BCUT2D eigenvalue weighted by Gasteiger charge is 2.31. The maximum atomic E-state index is 12.2. The van der Waals surface area contributed by atoms with Gasteiger partial charge in [-0.15, -0.1) is 0 Å². The number of halogens is 1. The maximum absolute atomic E-state index is 12.2. The molecular weight excluding hydrogens is 322 g/mol. The molecule has 1 unspecified atom stereocenters. The average Bonchev–Trinajstić information content (AvgIpc) is 2.79. The summed E-state index contributed by atoms with van der Waals surface area (Å²) in [5.74, 6) is 1.57. The van der Waals surface area contributed by atoms with Crippen LogP contribution in [0.1, 0.15) is 27.2 Å². The topological polar surface area (TPSA) is 46.6 Å². The lowest BCUT2D eigenvalue weighted by molar-refractivity contribution is -0.117. The lowest BCUT2D eigenvalue weighted by Gasteiger charge is -2.19. The van der Waals surface area contributed by atoms with Crippen LogP contribution >= 0.6 is 23.4 Å². The van der Waals surface area contributed by atoms with E-state index in [0.29, 0.717) is 29.5 Å². The average molecular weight is 342 g/mol. The van der Waals surface area contributed by atoms with Crippen LogP contribution in [-0.4, -0.2) is 29.4 Å². The number of carbonyl (C=O) groups is 2. The summed E-state index contributed by atoms with van der Waals surface area (Å²) in [6.45, 7) is 6.04. The third-order valence-corrected chi connectivity index (χ3v) is 4.66. The fourth-order valence-electron chi connectivity index (χ4n) is 2.39. The van der Waals surface area contributed by atoms with Gasteiger partial charge in [0.1, 0.15) is 5.75 Å². The first-order chi connectivity index (χ1) is 10.4. The van der Waals surface area contributed by atoms with Crippen molar-refractivity contribution in [1.82, 2.24) is 0 Å². The van der Waals surface area contributed by atoms with Crippen LogP contribution in [0.4, 0.5) is 5.69 Å². The summed E-state index contributed by atoms with van der Waals surface area (Å²) in [7, 11) is 0. The summed E-state index contributed by atoms with van der Waals surface area (Å²) in [6.07, 6.45) is 0.520. The number of amides is 1. The zero-order chi connectivity index (χ0) is 16.3. The normalized spacial score (nSPS) is 18.1. The number of rotatable bonds is 5. The Balaban J connectivity index is 2.07. The monoisotopic (exact) mass is 341 g/mol. The fraction of sp³-hybridized carbons (Fsp3) is 0.500. The van der Waals surface area contributed by atoms with E-state index >= 15 is 0 Å². The van der Waals surface area contributed by atoms with Crippen molar-refractivity contribution in [2.45, 2.75) is 33.3 Å². The molecule has 4 nitrogen and oxygen atoms in total. The van der Waals surface area contributed by atoms with Crippen molar-refractivity contribution >= 4 is 40.1 Å². The molecule has 1 aliphatic heterocycles. The summed E-state index contributed by atoms with van der Waals surface area (Å²) < 4.78 is 5.60. The van der Waals surface area contributed by atoms with E-state index in [1.165, 1.54) is 11.8 Å². The third kappa shape index (κ3) is 4.40. The summed E-state index contributed by atoms with van der Waals surface area (Å²) in [4.78, 5) is 24.9. The van der Waals surface area contributed by atoms with Crippen LogP contribution in [0.15, 0.2) is 18.2 Å². The van der Waals surface area contributed by atoms with E-state index in [9.17, 15) is 9.59 Å². The molecule has 1 atom stereocenters. The van der Waals surface area contributed by atoms with Gasteiger partial charge < -0.3 is 9.64 Å². The quantitative estimate of drug-likeness (QED) is 0.818. The number of thioether (sulfide) groups is 1. The van der Waals surface area contributed by atoms with Crippen molar-refractivity contribution in [1.29, 1.82) is 0 Å². The predicted octanol–water partition coefficient (Wildman–Crippen LogP) is 3.76. The number of hydrogen-bond donors (Lipinski definition) is 0. The van der Waals surface area contributed by atoms with Gasteiger partial charge in [0.15, 0.2) is 5.12 Å². The van der Waals surface area contributed by atoms with Crippen molar-refractivity contribution in [3.63, 3.8) is 0 Å². The van der Waals surface area contributed by atoms with E-state index in [1.807, 2.05) is 19.9 Å². The van der Waals surface area contributed by atoms with Gasteiger partial charge in [0.05, 0.1) is 11.1 Å². The van der Waals surface area contributed by atoms with E-state index in [2.05, 4.69) is 0 Å². The van der Waals surface area contributed by atoms with Gasteiger partial charge in [-0.25, -0.2) is 0 Å². The molecule has 0 saturated carbocycles. The van der Waals surface area contributed by atoms with Gasteiger partial charge in [-0.05, 0) is 38.0 Å². The fourth-order valence-corrected chi connectivity index (χ4v) is 3.30. The molecule has 0 bridgehead atoms. The van der Waals surface area contributed by atoms with Crippen LogP contribution in [0.25, 0.3) is 0 Å².